The summed E-state index contributed by atoms with van der Waals surface area (Å²) in [6, 6.07) is 1.54. The largest absolute Gasteiger partial charge is 0.464 e. The van der Waals surface area contributed by atoms with Gasteiger partial charge in [-0.2, -0.15) is 0 Å². The highest BCUT2D eigenvalue weighted by atomic mass is 19.1. The summed E-state index contributed by atoms with van der Waals surface area (Å²) in [5.74, 6) is -1.05. The van der Waals surface area contributed by atoms with Crippen LogP contribution < -0.4 is 0 Å². The molecule has 0 bridgehead atoms. The maximum absolute atomic E-state index is 13.1. The van der Waals surface area contributed by atoms with Crippen LogP contribution in [-0.4, -0.2) is 23.0 Å². The predicted molar refractivity (Wildman–Crippen MR) is 47.4 cm³/mol. The predicted octanol–water partition coefficient (Wildman–Crippen LogP) is 1.49. The van der Waals surface area contributed by atoms with Crippen LogP contribution in [0.5, 0.6) is 0 Å². The van der Waals surface area contributed by atoms with Gasteiger partial charge in [-0.25, -0.2) is 14.2 Å². The second-order valence-electron chi connectivity index (χ2n) is 2.71. The lowest BCUT2D eigenvalue weighted by Crippen LogP contribution is -2.05. The van der Waals surface area contributed by atoms with E-state index in [-0.39, 0.29) is 5.69 Å². The van der Waals surface area contributed by atoms with Crippen molar-refractivity contribution in [3.05, 3.63) is 30.0 Å². The molecule has 2 heterocycles. The van der Waals surface area contributed by atoms with Crippen molar-refractivity contribution in [1.29, 1.82) is 0 Å². The average molecular weight is 194 g/mol. The van der Waals surface area contributed by atoms with Crippen molar-refractivity contribution < 1.29 is 13.9 Å². The third kappa shape index (κ3) is 1.14. The minimum Gasteiger partial charge on any atom is -0.464 e. The molecular weight excluding hydrogens is 187 g/mol. The second-order valence-corrected chi connectivity index (χ2v) is 2.71. The van der Waals surface area contributed by atoms with Gasteiger partial charge in [0.1, 0.15) is 0 Å². The number of carbonyl (C=O) groups excluding carboxylic acids is 1. The van der Waals surface area contributed by atoms with E-state index in [4.69, 9.17) is 0 Å². The molecule has 0 atom stereocenters. The number of nitrogens with one attached hydrogen (secondary N) is 1. The summed E-state index contributed by atoms with van der Waals surface area (Å²) in [7, 11) is 1.25. The van der Waals surface area contributed by atoms with Crippen molar-refractivity contribution in [2.45, 2.75) is 0 Å². The molecule has 0 fully saturated rings. The van der Waals surface area contributed by atoms with Gasteiger partial charge in [0.05, 0.1) is 18.8 Å². The zero-order valence-electron chi connectivity index (χ0n) is 7.37. The van der Waals surface area contributed by atoms with Crippen molar-refractivity contribution in [2.75, 3.05) is 7.11 Å². The third-order valence-electron chi connectivity index (χ3n) is 1.93. The van der Waals surface area contributed by atoms with Gasteiger partial charge in [0, 0.05) is 11.6 Å². The van der Waals surface area contributed by atoms with Crippen LogP contribution in [0.1, 0.15) is 10.5 Å². The summed E-state index contributed by atoms with van der Waals surface area (Å²) in [4.78, 5) is 17.6. The van der Waals surface area contributed by atoms with E-state index < -0.39 is 11.8 Å². The van der Waals surface area contributed by atoms with E-state index in [0.717, 1.165) is 6.20 Å². The zero-order chi connectivity index (χ0) is 10.1. The normalized spacial score (nSPS) is 10.4. The van der Waals surface area contributed by atoms with Crippen LogP contribution >= 0.6 is 0 Å². The van der Waals surface area contributed by atoms with E-state index in [1.54, 1.807) is 12.3 Å². The Kier molecular flexibility index (Phi) is 1.92. The SMILES string of the molecule is COC(=O)c1ncc(F)c2cc[nH]c12. The van der Waals surface area contributed by atoms with Crippen LogP contribution in [-0.2, 0) is 4.74 Å². The summed E-state index contributed by atoms with van der Waals surface area (Å²) in [5, 5.41) is 0.334. The molecule has 0 amide bonds. The molecule has 0 saturated carbocycles. The summed E-state index contributed by atoms with van der Waals surface area (Å²) < 4.78 is 17.6. The highest BCUT2D eigenvalue weighted by Crippen LogP contribution is 2.18. The summed E-state index contributed by atoms with van der Waals surface area (Å²) in [5.41, 5.74) is 0.450. The first kappa shape index (κ1) is 8.68. The van der Waals surface area contributed by atoms with Crippen molar-refractivity contribution >= 4 is 16.9 Å². The smallest absolute Gasteiger partial charge is 0.358 e. The first-order chi connectivity index (χ1) is 6.74. The van der Waals surface area contributed by atoms with E-state index in [9.17, 15) is 9.18 Å². The fourth-order valence-electron chi connectivity index (χ4n) is 1.27. The number of H-pyrrole nitrogens is 1. The molecule has 2 aromatic heterocycles. The molecule has 0 radical (unpaired) electrons. The van der Waals surface area contributed by atoms with Crippen LogP contribution in [0, 0.1) is 5.82 Å². The number of aromatic nitrogens is 2. The van der Waals surface area contributed by atoms with Gasteiger partial charge < -0.3 is 9.72 Å². The molecule has 1 N–H and O–H groups in total. The molecule has 0 aliphatic carbocycles. The molecule has 0 unspecified atom stereocenters. The number of halogens is 1. The van der Waals surface area contributed by atoms with Crippen molar-refractivity contribution in [3.63, 3.8) is 0 Å². The summed E-state index contributed by atoms with van der Waals surface area (Å²) >= 11 is 0. The second kappa shape index (κ2) is 3.10. The molecule has 72 valence electrons. The van der Waals surface area contributed by atoms with Gasteiger partial charge in [-0.1, -0.05) is 0 Å². The van der Waals surface area contributed by atoms with Crippen LogP contribution in [0.25, 0.3) is 10.9 Å². The first-order valence-corrected chi connectivity index (χ1v) is 3.94. The number of esters is 1. The number of methoxy groups -OCH3 is 1. The van der Waals surface area contributed by atoms with Gasteiger partial charge >= 0.3 is 5.97 Å². The molecule has 0 spiro atoms. The highest BCUT2D eigenvalue weighted by Gasteiger charge is 2.15. The van der Waals surface area contributed by atoms with Gasteiger partial charge in [0.2, 0.25) is 0 Å². The van der Waals surface area contributed by atoms with Crippen molar-refractivity contribution in [2.24, 2.45) is 0 Å². The van der Waals surface area contributed by atoms with Crippen LogP contribution in [0.2, 0.25) is 0 Å². The Morgan fingerprint density at radius 3 is 3.14 bits per heavy atom. The van der Waals surface area contributed by atoms with E-state index in [0.29, 0.717) is 10.9 Å². The first-order valence-electron chi connectivity index (χ1n) is 3.94. The number of aromatic amines is 1. The minimum absolute atomic E-state index is 0.0916. The van der Waals surface area contributed by atoms with Crippen LogP contribution in [0.4, 0.5) is 4.39 Å². The average Bonchev–Trinajstić information content (AvgIpc) is 2.67. The Balaban J connectivity index is 2.72. The number of nitrogens with zero attached hydrogens (tertiary/aromatic N) is 1. The van der Waals surface area contributed by atoms with Crippen molar-refractivity contribution in [1.82, 2.24) is 9.97 Å². The molecule has 0 aliphatic rings. The lowest BCUT2D eigenvalue weighted by atomic mass is 10.2. The molecule has 4 nitrogen and oxygen atoms in total. The third-order valence-corrected chi connectivity index (χ3v) is 1.93. The van der Waals surface area contributed by atoms with E-state index in [1.807, 2.05) is 0 Å². The Labute approximate surface area is 78.7 Å². The fraction of sp³-hybridized carbons (Fsp3) is 0.111. The van der Waals surface area contributed by atoms with E-state index in [2.05, 4.69) is 14.7 Å². The lowest BCUT2D eigenvalue weighted by Gasteiger charge is -2.00. The molecule has 2 rings (SSSR count). The zero-order valence-corrected chi connectivity index (χ0v) is 7.37. The number of carbonyl (C=O) groups is 1. The van der Waals surface area contributed by atoms with Gasteiger partial charge in [-0.05, 0) is 6.07 Å². The summed E-state index contributed by atoms with van der Waals surface area (Å²) in [6.07, 6.45) is 2.55. The Bertz CT molecular complexity index is 493. The number of fused-ring (bicyclic) bond motifs is 1. The Morgan fingerprint density at radius 2 is 2.43 bits per heavy atom. The van der Waals surface area contributed by atoms with Gasteiger partial charge in [-0.15, -0.1) is 0 Å². The molecule has 0 aliphatic heterocycles. The van der Waals surface area contributed by atoms with Gasteiger partial charge in [0.25, 0.3) is 0 Å². The molecule has 14 heavy (non-hydrogen) atoms. The van der Waals surface area contributed by atoms with Crippen LogP contribution in [0.3, 0.4) is 0 Å². The number of hydrogen-bond acceptors (Lipinski definition) is 3. The summed E-state index contributed by atoms with van der Waals surface area (Å²) in [6.45, 7) is 0. The fourth-order valence-corrected chi connectivity index (χ4v) is 1.27. The van der Waals surface area contributed by atoms with Gasteiger partial charge in [-0.3, -0.25) is 0 Å². The maximum atomic E-state index is 13.1. The maximum Gasteiger partial charge on any atom is 0.358 e. The molecule has 0 saturated heterocycles. The topological polar surface area (TPSA) is 55.0 Å². The number of pyridine rings is 1. The quantitative estimate of drug-likeness (QED) is 0.699. The number of ether oxygens (including phenoxy) is 1. The van der Waals surface area contributed by atoms with Gasteiger partial charge in [0.15, 0.2) is 11.5 Å². The molecule has 2 aromatic rings. The van der Waals surface area contributed by atoms with Crippen molar-refractivity contribution in [3.8, 4) is 0 Å². The molecular formula is C9H7FN2O2. The lowest BCUT2D eigenvalue weighted by molar-refractivity contribution is 0.0596. The van der Waals surface area contributed by atoms with E-state index >= 15 is 0 Å². The molecule has 5 heteroatoms. The molecule has 0 aromatic carbocycles. The Morgan fingerprint density at radius 1 is 1.64 bits per heavy atom. The monoisotopic (exact) mass is 194 g/mol. The highest BCUT2D eigenvalue weighted by molar-refractivity contribution is 6.00. The number of rotatable bonds is 1. The minimum atomic E-state index is -0.586. The number of hydrogen-bond donors (Lipinski definition) is 1. The van der Waals surface area contributed by atoms with Crippen LogP contribution in [0.15, 0.2) is 18.5 Å². The van der Waals surface area contributed by atoms with E-state index in [1.165, 1.54) is 7.11 Å². The Hall–Kier alpha value is -1.91. The standard InChI is InChI=1S/C9H7FN2O2/c1-14-9(13)8-7-5(2-3-11-7)6(10)4-12-8/h2-4,11H,1H3.